The summed E-state index contributed by atoms with van der Waals surface area (Å²) in [6, 6.07) is 8.79. The van der Waals surface area contributed by atoms with Crippen LogP contribution in [0.25, 0.3) is 0 Å². The van der Waals surface area contributed by atoms with Gasteiger partial charge in [0, 0.05) is 39.3 Å². The van der Waals surface area contributed by atoms with Gasteiger partial charge in [-0.3, -0.25) is 4.79 Å². The van der Waals surface area contributed by atoms with Crippen LogP contribution >= 0.6 is 0 Å². The van der Waals surface area contributed by atoms with Crippen LogP contribution in [0.4, 0.5) is 10.5 Å². The van der Waals surface area contributed by atoms with Gasteiger partial charge in [-0.15, -0.1) is 0 Å². The number of hydrogen-bond acceptors (Lipinski definition) is 2. The van der Waals surface area contributed by atoms with Crippen LogP contribution in [0.2, 0.25) is 0 Å². The molecule has 0 saturated carbocycles. The predicted molar refractivity (Wildman–Crippen MR) is 94.9 cm³/mol. The van der Waals surface area contributed by atoms with Crippen molar-refractivity contribution in [3.63, 3.8) is 0 Å². The fraction of sp³-hybridized carbons (Fsp3) is 0.500. The summed E-state index contributed by atoms with van der Waals surface area (Å²) in [6.45, 7) is 14.0. The summed E-state index contributed by atoms with van der Waals surface area (Å²) in [6.07, 6.45) is 0. The molecule has 129 valence electrons. The van der Waals surface area contributed by atoms with E-state index in [0.717, 1.165) is 0 Å². The van der Waals surface area contributed by atoms with Crippen LogP contribution in [-0.4, -0.2) is 28.9 Å². The molecule has 1 heterocycles. The van der Waals surface area contributed by atoms with Gasteiger partial charge in [0.05, 0.1) is 5.69 Å². The quantitative estimate of drug-likeness (QED) is 0.535. The Hall–Kier alpha value is -0.736. The van der Waals surface area contributed by atoms with Crippen molar-refractivity contribution < 1.29 is 42.3 Å². The van der Waals surface area contributed by atoms with E-state index < -0.39 is 5.54 Å². The van der Waals surface area contributed by atoms with Crippen LogP contribution < -0.4 is 4.90 Å². The van der Waals surface area contributed by atoms with Gasteiger partial charge >= 0.3 is 6.03 Å². The third-order valence-corrected chi connectivity index (χ3v) is 3.15. The Balaban J connectivity index is -0.000000619. The summed E-state index contributed by atoms with van der Waals surface area (Å²) in [4.78, 5) is 27.3. The topological polar surface area (TPSA) is 40.6 Å². The van der Waals surface area contributed by atoms with Gasteiger partial charge in [-0.2, -0.15) is 0 Å². The minimum atomic E-state index is -0.762. The Morgan fingerprint density at radius 2 is 1.39 bits per heavy atom. The summed E-state index contributed by atoms with van der Waals surface area (Å²) < 4.78 is 0. The van der Waals surface area contributed by atoms with E-state index in [1.807, 2.05) is 52.8 Å². The molecule has 0 aromatic heterocycles. The second-order valence-corrected chi connectivity index (χ2v) is 4.56. The molecule has 1 aliphatic heterocycles. The van der Waals surface area contributed by atoms with Crippen molar-refractivity contribution in [2.24, 2.45) is 0 Å². The molecule has 5 heteroatoms. The summed E-state index contributed by atoms with van der Waals surface area (Å²) in [5.41, 5.74) is -0.131. The molecule has 1 aromatic carbocycles. The number of rotatable bonds is 2. The first-order valence-electron chi connectivity index (χ1n) is 7.71. The normalized spacial score (nSPS) is 14.6. The molecule has 1 saturated heterocycles. The maximum Gasteiger partial charge on any atom is 0.332 e. The number of urea groups is 1. The van der Waals surface area contributed by atoms with Crippen LogP contribution in [-0.2, 0) is 37.5 Å². The van der Waals surface area contributed by atoms with E-state index in [-0.39, 0.29) is 52.1 Å². The Morgan fingerprint density at radius 1 is 0.957 bits per heavy atom. The SMILES string of the molecule is CC.CC.CCN1C(=O)N(c2ccccc2)C(=O)C1(C)C.[CH3-].[Y]. The number of carbonyl (C=O) groups excluding carboxylic acids is 2. The zero-order chi connectivity index (χ0) is 16.6. The fourth-order valence-corrected chi connectivity index (χ4v) is 2.17. The minimum absolute atomic E-state index is 0. The fourth-order valence-electron chi connectivity index (χ4n) is 2.17. The van der Waals surface area contributed by atoms with Crippen molar-refractivity contribution in [1.29, 1.82) is 0 Å². The minimum Gasteiger partial charge on any atom is -0.358 e. The van der Waals surface area contributed by atoms with E-state index in [4.69, 9.17) is 0 Å². The number of anilines is 1. The van der Waals surface area contributed by atoms with Gasteiger partial charge in [0.2, 0.25) is 0 Å². The van der Waals surface area contributed by atoms with Crippen molar-refractivity contribution in [2.45, 2.75) is 54.0 Å². The average Bonchev–Trinajstić information content (AvgIpc) is 2.69. The molecule has 1 aromatic rings. The maximum atomic E-state index is 12.3. The molecule has 0 N–H and O–H groups in total. The number of carbonyl (C=O) groups is 2. The van der Waals surface area contributed by atoms with Gasteiger partial charge in [0.25, 0.3) is 5.91 Å². The van der Waals surface area contributed by atoms with E-state index in [9.17, 15) is 9.59 Å². The average molecular weight is 396 g/mol. The molecule has 4 nitrogen and oxygen atoms in total. The number of likely N-dealkylation sites (N-methyl/N-ethyl adjacent to an activating group) is 1. The molecule has 0 atom stereocenters. The van der Waals surface area contributed by atoms with E-state index in [1.54, 1.807) is 30.9 Å². The third-order valence-electron chi connectivity index (χ3n) is 3.15. The van der Waals surface area contributed by atoms with Gasteiger partial charge in [-0.25, -0.2) is 9.69 Å². The summed E-state index contributed by atoms with van der Waals surface area (Å²) in [7, 11) is 0. The van der Waals surface area contributed by atoms with Crippen molar-refractivity contribution in [3.8, 4) is 0 Å². The Morgan fingerprint density at radius 3 is 1.74 bits per heavy atom. The van der Waals surface area contributed by atoms with Crippen molar-refractivity contribution >= 4 is 17.6 Å². The van der Waals surface area contributed by atoms with E-state index in [2.05, 4.69) is 0 Å². The first kappa shape index (κ1) is 27.1. The molecule has 0 bridgehead atoms. The monoisotopic (exact) mass is 396 g/mol. The van der Waals surface area contributed by atoms with E-state index in [1.165, 1.54) is 4.90 Å². The van der Waals surface area contributed by atoms with Gasteiger partial charge in [-0.1, -0.05) is 45.9 Å². The predicted octanol–water partition coefficient (Wildman–Crippen LogP) is 4.75. The number of para-hydroxylation sites is 1. The number of benzene rings is 1. The Bertz CT molecular complexity index is 461. The standard InChI is InChI=1S/C13H16N2O2.2C2H6.CH3.Y/c1-4-14-12(17)15(11(16)13(14,2)3)10-8-6-5-7-9-10;2*1-2;;/h5-9H,4H2,1-3H3;2*1-2H3;1H3;/q;;;-1;. The number of imide groups is 1. The molecular formula is C18H31N2O2Y-. The molecule has 1 radical (unpaired) electrons. The van der Waals surface area contributed by atoms with Crippen LogP contribution in [0, 0.1) is 7.43 Å². The van der Waals surface area contributed by atoms with Crippen LogP contribution in [0.5, 0.6) is 0 Å². The molecule has 2 rings (SSSR count). The second-order valence-electron chi connectivity index (χ2n) is 4.56. The number of amides is 3. The van der Waals surface area contributed by atoms with Gasteiger partial charge < -0.3 is 12.3 Å². The van der Waals surface area contributed by atoms with Crippen LogP contribution in [0.15, 0.2) is 30.3 Å². The zero-order valence-corrected chi connectivity index (χ0v) is 18.7. The molecule has 1 aliphatic rings. The van der Waals surface area contributed by atoms with E-state index in [0.29, 0.717) is 12.2 Å². The molecule has 1 fully saturated rings. The van der Waals surface area contributed by atoms with Gasteiger partial charge in [0.1, 0.15) is 5.54 Å². The summed E-state index contributed by atoms with van der Waals surface area (Å²) >= 11 is 0. The first-order valence-corrected chi connectivity index (χ1v) is 7.71. The maximum absolute atomic E-state index is 12.3. The second kappa shape index (κ2) is 12.7. The largest absolute Gasteiger partial charge is 0.358 e. The zero-order valence-electron chi connectivity index (χ0n) is 15.9. The van der Waals surface area contributed by atoms with Crippen molar-refractivity contribution in [2.75, 3.05) is 11.4 Å². The number of nitrogens with zero attached hydrogens (tertiary/aromatic N) is 2. The van der Waals surface area contributed by atoms with Crippen LogP contribution in [0.3, 0.4) is 0 Å². The Labute approximate surface area is 167 Å². The van der Waals surface area contributed by atoms with Crippen molar-refractivity contribution in [3.05, 3.63) is 37.8 Å². The third kappa shape index (κ3) is 5.68. The molecule has 0 aliphatic carbocycles. The molecule has 3 amide bonds. The Kier molecular flexibility index (Phi) is 14.9. The smallest absolute Gasteiger partial charge is 0.332 e. The summed E-state index contributed by atoms with van der Waals surface area (Å²) in [5, 5.41) is 0. The molecule has 0 spiro atoms. The van der Waals surface area contributed by atoms with Crippen LogP contribution in [0.1, 0.15) is 48.5 Å². The van der Waals surface area contributed by atoms with Crippen molar-refractivity contribution in [1.82, 2.24) is 4.90 Å². The summed E-state index contributed by atoms with van der Waals surface area (Å²) in [5.74, 6) is -0.171. The molecular weight excluding hydrogens is 365 g/mol. The first-order chi connectivity index (χ1) is 10.00. The number of hydrogen-bond donors (Lipinski definition) is 0. The van der Waals surface area contributed by atoms with Gasteiger partial charge in [0.15, 0.2) is 0 Å². The molecule has 0 unspecified atom stereocenters. The van der Waals surface area contributed by atoms with Gasteiger partial charge in [-0.05, 0) is 32.9 Å². The molecule has 23 heavy (non-hydrogen) atoms. The van der Waals surface area contributed by atoms with E-state index >= 15 is 0 Å².